The van der Waals surface area contributed by atoms with E-state index in [0.29, 0.717) is 12.0 Å². The van der Waals surface area contributed by atoms with Gasteiger partial charge < -0.3 is 9.84 Å². The van der Waals surface area contributed by atoms with Gasteiger partial charge in [-0.2, -0.15) is 0 Å². The van der Waals surface area contributed by atoms with Gasteiger partial charge in [0.25, 0.3) is 0 Å². The van der Waals surface area contributed by atoms with Gasteiger partial charge in [0.1, 0.15) is 11.4 Å². The highest BCUT2D eigenvalue weighted by Crippen LogP contribution is 2.66. The summed E-state index contributed by atoms with van der Waals surface area (Å²) < 4.78 is 5.24. The minimum atomic E-state index is -1.72. The topological polar surface area (TPSA) is 97.7 Å². The molecule has 1 N–H and O–H groups in total. The third-order valence-electron chi connectivity index (χ3n) is 9.21. The van der Waals surface area contributed by atoms with E-state index < -0.39 is 34.8 Å². The number of carbonyl (C=O) groups excluding carboxylic acids is 4. The third kappa shape index (κ3) is 3.18. The SMILES string of the molecule is CC12C=CC(=O)C=C1CCC1C2C(=O)CC2(C)C1CCC2(O)C(=O)COC(=O)c1ccccc1. The van der Waals surface area contributed by atoms with Gasteiger partial charge in [-0.15, -0.1) is 0 Å². The van der Waals surface area contributed by atoms with Gasteiger partial charge in [0.15, 0.2) is 12.4 Å². The van der Waals surface area contributed by atoms with Crippen LogP contribution >= 0.6 is 0 Å². The highest BCUT2D eigenvalue weighted by molar-refractivity contribution is 6.02. The first-order valence-corrected chi connectivity index (χ1v) is 12.0. The standard InChI is InChI=1S/C28H30O6/c1-26-12-10-19(29)14-18(26)8-9-20-21-11-13-28(33,27(21,2)15-22(30)24(20)26)23(31)16-34-25(32)17-6-4-3-5-7-17/h3-7,10,12,14,20-21,24,33H,8-9,11,13,15-16H2,1-2H3. The van der Waals surface area contributed by atoms with E-state index in [2.05, 4.69) is 0 Å². The van der Waals surface area contributed by atoms with E-state index in [4.69, 9.17) is 4.74 Å². The normalized spacial score (nSPS) is 38.4. The molecule has 6 nitrogen and oxygen atoms in total. The van der Waals surface area contributed by atoms with Gasteiger partial charge >= 0.3 is 5.97 Å². The number of ether oxygens (including phenoxy) is 1. The van der Waals surface area contributed by atoms with E-state index in [-0.39, 0.29) is 42.2 Å². The van der Waals surface area contributed by atoms with Gasteiger partial charge in [0, 0.05) is 23.2 Å². The molecule has 6 unspecified atom stereocenters. The van der Waals surface area contributed by atoms with Gasteiger partial charge in [-0.25, -0.2) is 4.79 Å². The number of esters is 1. The number of ketones is 3. The van der Waals surface area contributed by atoms with Crippen LogP contribution in [0.1, 0.15) is 56.3 Å². The lowest BCUT2D eigenvalue weighted by Crippen LogP contribution is -2.60. The smallest absolute Gasteiger partial charge is 0.338 e. The lowest BCUT2D eigenvalue weighted by molar-refractivity contribution is -0.169. The van der Waals surface area contributed by atoms with Crippen molar-refractivity contribution in [1.29, 1.82) is 0 Å². The van der Waals surface area contributed by atoms with Crippen LogP contribution in [0, 0.1) is 28.6 Å². The summed E-state index contributed by atoms with van der Waals surface area (Å²) in [5, 5.41) is 11.7. The summed E-state index contributed by atoms with van der Waals surface area (Å²) in [6.45, 7) is 3.36. The number of hydrogen-bond acceptors (Lipinski definition) is 6. The molecule has 0 spiro atoms. The first-order valence-electron chi connectivity index (χ1n) is 12.0. The summed E-state index contributed by atoms with van der Waals surface area (Å²) in [6.07, 6.45) is 7.59. The number of aliphatic hydroxyl groups is 1. The zero-order valence-electron chi connectivity index (χ0n) is 19.6. The van der Waals surface area contributed by atoms with Crippen molar-refractivity contribution in [3.63, 3.8) is 0 Å². The van der Waals surface area contributed by atoms with Crippen molar-refractivity contribution in [2.75, 3.05) is 6.61 Å². The highest BCUT2D eigenvalue weighted by Gasteiger charge is 2.68. The molecular weight excluding hydrogens is 432 g/mol. The molecule has 0 bridgehead atoms. The van der Waals surface area contributed by atoms with E-state index in [1.807, 2.05) is 19.9 Å². The van der Waals surface area contributed by atoms with Crippen molar-refractivity contribution in [3.8, 4) is 0 Å². The molecule has 0 radical (unpaired) electrons. The Morgan fingerprint density at radius 2 is 1.85 bits per heavy atom. The Morgan fingerprint density at radius 1 is 1.12 bits per heavy atom. The second-order valence-electron chi connectivity index (χ2n) is 10.8. The van der Waals surface area contributed by atoms with Crippen LogP contribution in [-0.4, -0.2) is 40.6 Å². The third-order valence-corrected chi connectivity index (χ3v) is 9.21. The zero-order valence-corrected chi connectivity index (χ0v) is 19.6. The van der Waals surface area contributed by atoms with Crippen molar-refractivity contribution in [2.24, 2.45) is 28.6 Å². The van der Waals surface area contributed by atoms with Crippen molar-refractivity contribution in [3.05, 3.63) is 59.7 Å². The highest BCUT2D eigenvalue weighted by atomic mass is 16.5. The number of Topliss-reactive ketones (excluding diaryl/α,β-unsaturated/α-hetero) is 2. The molecule has 0 aliphatic heterocycles. The lowest BCUT2D eigenvalue weighted by atomic mass is 9.46. The molecular formula is C28H30O6. The van der Waals surface area contributed by atoms with Crippen molar-refractivity contribution in [1.82, 2.24) is 0 Å². The van der Waals surface area contributed by atoms with Crippen molar-refractivity contribution in [2.45, 2.75) is 51.6 Å². The number of benzene rings is 1. The predicted molar refractivity (Wildman–Crippen MR) is 124 cm³/mol. The van der Waals surface area contributed by atoms with Crippen LogP contribution in [0.2, 0.25) is 0 Å². The second-order valence-corrected chi connectivity index (χ2v) is 10.8. The fraction of sp³-hybridized carbons (Fsp3) is 0.500. The average Bonchev–Trinajstić information content (AvgIpc) is 3.09. The molecule has 178 valence electrons. The van der Waals surface area contributed by atoms with E-state index >= 15 is 0 Å². The van der Waals surface area contributed by atoms with Crippen LogP contribution in [0.3, 0.4) is 0 Å². The quantitative estimate of drug-likeness (QED) is 0.687. The first-order chi connectivity index (χ1) is 16.1. The molecule has 34 heavy (non-hydrogen) atoms. The summed E-state index contributed by atoms with van der Waals surface area (Å²) in [7, 11) is 0. The Hall–Kier alpha value is -2.86. The van der Waals surface area contributed by atoms with E-state index in [1.54, 1.807) is 42.5 Å². The maximum atomic E-state index is 13.6. The minimum absolute atomic E-state index is 0.00150. The Bertz CT molecular complexity index is 1130. The predicted octanol–water partition coefficient (Wildman–Crippen LogP) is 3.63. The molecule has 3 fully saturated rings. The van der Waals surface area contributed by atoms with E-state index in [1.165, 1.54) is 0 Å². The molecule has 3 saturated carbocycles. The van der Waals surface area contributed by atoms with Crippen molar-refractivity contribution < 1.29 is 29.0 Å². The molecule has 1 aromatic rings. The van der Waals surface area contributed by atoms with Gasteiger partial charge in [-0.1, -0.05) is 43.7 Å². The summed E-state index contributed by atoms with van der Waals surface area (Å²) in [4.78, 5) is 51.1. The first kappa shape index (κ1) is 22.9. The van der Waals surface area contributed by atoms with Crippen LogP contribution in [0.5, 0.6) is 0 Å². The maximum Gasteiger partial charge on any atom is 0.338 e. The molecule has 1 aromatic carbocycles. The molecule has 4 aliphatic carbocycles. The average molecular weight is 463 g/mol. The molecule has 0 heterocycles. The lowest BCUT2D eigenvalue weighted by Gasteiger charge is -2.56. The Morgan fingerprint density at radius 3 is 2.59 bits per heavy atom. The van der Waals surface area contributed by atoms with Crippen molar-refractivity contribution >= 4 is 23.3 Å². The van der Waals surface area contributed by atoms with E-state index in [9.17, 15) is 24.3 Å². The summed E-state index contributed by atoms with van der Waals surface area (Å²) in [6, 6.07) is 8.41. The summed E-state index contributed by atoms with van der Waals surface area (Å²) >= 11 is 0. The Kier molecular flexibility index (Phi) is 5.28. The second kappa shape index (κ2) is 7.84. The van der Waals surface area contributed by atoms with Crippen LogP contribution in [0.25, 0.3) is 0 Å². The maximum absolute atomic E-state index is 13.6. The number of carbonyl (C=O) groups is 4. The monoisotopic (exact) mass is 462 g/mol. The molecule has 0 amide bonds. The van der Waals surface area contributed by atoms with Crippen LogP contribution < -0.4 is 0 Å². The van der Waals surface area contributed by atoms with Gasteiger partial charge in [0.2, 0.25) is 5.78 Å². The van der Waals surface area contributed by atoms with Gasteiger partial charge in [0.05, 0.1) is 5.56 Å². The molecule has 6 heteroatoms. The molecule has 4 aliphatic rings. The summed E-state index contributed by atoms with van der Waals surface area (Å²) in [5.74, 6) is -1.40. The van der Waals surface area contributed by atoms with Crippen LogP contribution in [0.4, 0.5) is 0 Å². The molecule has 0 aromatic heterocycles. The number of hydrogen-bond donors (Lipinski definition) is 1. The number of allylic oxidation sites excluding steroid dienone is 4. The molecule has 6 atom stereocenters. The summed E-state index contributed by atoms with van der Waals surface area (Å²) in [5.41, 5.74) is -1.77. The Balaban J connectivity index is 1.38. The minimum Gasteiger partial charge on any atom is -0.454 e. The Labute approximate surface area is 199 Å². The largest absolute Gasteiger partial charge is 0.454 e. The zero-order chi connectivity index (χ0) is 24.3. The fourth-order valence-corrected chi connectivity index (χ4v) is 7.40. The van der Waals surface area contributed by atoms with Crippen LogP contribution in [-0.2, 0) is 19.1 Å². The van der Waals surface area contributed by atoms with Gasteiger partial charge in [-0.3, -0.25) is 14.4 Å². The van der Waals surface area contributed by atoms with Crippen LogP contribution in [0.15, 0.2) is 54.1 Å². The fourth-order valence-electron chi connectivity index (χ4n) is 7.40. The molecule has 5 rings (SSSR count). The number of rotatable bonds is 4. The van der Waals surface area contributed by atoms with E-state index in [0.717, 1.165) is 18.4 Å². The molecule has 0 saturated heterocycles. The van der Waals surface area contributed by atoms with Gasteiger partial charge in [-0.05, 0) is 61.8 Å². The number of fused-ring (bicyclic) bond motifs is 5.